The van der Waals surface area contributed by atoms with Crippen LogP contribution in [0.15, 0.2) is 24.3 Å². The number of nitrogens with one attached hydrogen (secondary N) is 1. The zero-order valence-corrected chi connectivity index (χ0v) is 10.6. The number of hydrogen-bond acceptors (Lipinski definition) is 3. The molecular formula is C14H19NO3. The highest BCUT2D eigenvalue weighted by molar-refractivity contribution is 5.90. The van der Waals surface area contributed by atoms with Crippen LogP contribution in [0.4, 0.5) is 5.69 Å². The molecule has 1 aromatic carbocycles. The van der Waals surface area contributed by atoms with Crippen molar-refractivity contribution < 1.29 is 14.3 Å². The summed E-state index contributed by atoms with van der Waals surface area (Å²) < 4.78 is 4.62. The summed E-state index contributed by atoms with van der Waals surface area (Å²) in [6.45, 7) is 2.88. The van der Waals surface area contributed by atoms with Crippen molar-refractivity contribution in [3.05, 3.63) is 29.8 Å². The summed E-state index contributed by atoms with van der Waals surface area (Å²) >= 11 is 0. The van der Waals surface area contributed by atoms with E-state index in [0.29, 0.717) is 19.5 Å². The van der Waals surface area contributed by atoms with Gasteiger partial charge in [0.25, 0.3) is 6.47 Å². The van der Waals surface area contributed by atoms with Crippen molar-refractivity contribution in [1.82, 2.24) is 0 Å². The van der Waals surface area contributed by atoms with Gasteiger partial charge in [-0.2, -0.15) is 0 Å². The van der Waals surface area contributed by atoms with Crippen molar-refractivity contribution in [3.8, 4) is 0 Å². The van der Waals surface area contributed by atoms with Gasteiger partial charge in [0.15, 0.2) is 0 Å². The number of ether oxygens (including phenoxy) is 1. The molecule has 0 fully saturated rings. The Morgan fingerprint density at radius 2 is 2.06 bits per heavy atom. The predicted octanol–water partition coefficient (Wildman–Crippen LogP) is 2.53. The normalized spacial score (nSPS) is 9.83. The minimum Gasteiger partial charge on any atom is -0.468 e. The first-order chi connectivity index (χ1) is 8.76. The van der Waals surface area contributed by atoms with Gasteiger partial charge in [0, 0.05) is 12.1 Å². The predicted molar refractivity (Wildman–Crippen MR) is 70.3 cm³/mol. The molecule has 0 saturated heterocycles. The van der Waals surface area contributed by atoms with Crippen molar-refractivity contribution in [2.45, 2.75) is 32.6 Å². The number of hydrogen-bond donors (Lipinski definition) is 1. The maximum absolute atomic E-state index is 11.4. The van der Waals surface area contributed by atoms with Crippen LogP contribution in [0.3, 0.4) is 0 Å². The number of benzene rings is 1. The molecule has 18 heavy (non-hydrogen) atoms. The zero-order chi connectivity index (χ0) is 13.2. The van der Waals surface area contributed by atoms with Gasteiger partial charge in [-0.25, -0.2) is 0 Å². The van der Waals surface area contributed by atoms with Gasteiger partial charge in [0.05, 0.1) is 6.61 Å². The maximum atomic E-state index is 11.4. The highest BCUT2D eigenvalue weighted by Gasteiger charge is 2.00. The van der Waals surface area contributed by atoms with Crippen molar-refractivity contribution in [2.75, 3.05) is 11.9 Å². The molecule has 98 valence electrons. The molecule has 0 radical (unpaired) electrons. The van der Waals surface area contributed by atoms with Gasteiger partial charge in [0.2, 0.25) is 5.91 Å². The van der Waals surface area contributed by atoms with E-state index in [-0.39, 0.29) is 5.91 Å². The summed E-state index contributed by atoms with van der Waals surface area (Å²) in [5.74, 6) is 0.0460. The van der Waals surface area contributed by atoms with Crippen LogP contribution >= 0.6 is 0 Å². The first-order valence-electron chi connectivity index (χ1n) is 6.20. The van der Waals surface area contributed by atoms with E-state index < -0.39 is 0 Å². The molecule has 0 aliphatic carbocycles. The second-order valence-corrected chi connectivity index (χ2v) is 4.07. The van der Waals surface area contributed by atoms with Gasteiger partial charge in [-0.1, -0.05) is 19.1 Å². The van der Waals surface area contributed by atoms with Crippen LogP contribution in [0, 0.1) is 0 Å². The Morgan fingerprint density at radius 3 is 2.67 bits per heavy atom. The lowest BCUT2D eigenvalue weighted by atomic mass is 10.1. The SMILES string of the molecule is CCCC(=O)Nc1ccc(CCCOC=O)cc1. The quantitative estimate of drug-likeness (QED) is 0.569. The van der Waals surface area contributed by atoms with Crippen molar-refractivity contribution in [1.29, 1.82) is 0 Å². The van der Waals surface area contributed by atoms with Gasteiger partial charge >= 0.3 is 0 Å². The van der Waals surface area contributed by atoms with Crippen LogP contribution in [-0.2, 0) is 20.7 Å². The monoisotopic (exact) mass is 249 g/mol. The van der Waals surface area contributed by atoms with Gasteiger partial charge in [0.1, 0.15) is 0 Å². The van der Waals surface area contributed by atoms with Gasteiger partial charge < -0.3 is 10.1 Å². The first-order valence-corrected chi connectivity index (χ1v) is 6.20. The fraction of sp³-hybridized carbons (Fsp3) is 0.429. The van der Waals surface area contributed by atoms with Crippen LogP contribution in [-0.4, -0.2) is 19.0 Å². The van der Waals surface area contributed by atoms with Crippen molar-refractivity contribution in [3.63, 3.8) is 0 Å². The second-order valence-electron chi connectivity index (χ2n) is 4.07. The van der Waals surface area contributed by atoms with E-state index in [4.69, 9.17) is 0 Å². The molecule has 0 atom stereocenters. The molecule has 0 bridgehead atoms. The molecule has 0 aliphatic heterocycles. The highest BCUT2D eigenvalue weighted by atomic mass is 16.5. The summed E-state index contributed by atoms with van der Waals surface area (Å²) in [5.41, 5.74) is 1.99. The lowest BCUT2D eigenvalue weighted by Crippen LogP contribution is -2.10. The van der Waals surface area contributed by atoms with E-state index in [0.717, 1.165) is 30.5 Å². The van der Waals surface area contributed by atoms with Gasteiger partial charge in [-0.3, -0.25) is 9.59 Å². The van der Waals surface area contributed by atoms with E-state index in [1.54, 1.807) is 0 Å². The number of rotatable bonds is 8. The highest BCUT2D eigenvalue weighted by Crippen LogP contribution is 2.11. The third kappa shape index (κ3) is 5.48. The van der Waals surface area contributed by atoms with Gasteiger partial charge in [-0.05, 0) is 37.0 Å². The summed E-state index contributed by atoms with van der Waals surface area (Å²) in [4.78, 5) is 21.3. The first kappa shape index (κ1) is 14.2. The van der Waals surface area contributed by atoms with E-state index in [2.05, 4.69) is 10.1 Å². The van der Waals surface area contributed by atoms with Crippen molar-refractivity contribution in [2.24, 2.45) is 0 Å². The largest absolute Gasteiger partial charge is 0.468 e. The van der Waals surface area contributed by atoms with E-state index in [1.165, 1.54) is 0 Å². The molecule has 1 amide bonds. The van der Waals surface area contributed by atoms with Crippen LogP contribution in [0.5, 0.6) is 0 Å². The van der Waals surface area contributed by atoms with E-state index in [9.17, 15) is 9.59 Å². The third-order valence-corrected chi connectivity index (χ3v) is 2.51. The topological polar surface area (TPSA) is 55.4 Å². The number of carbonyl (C=O) groups is 2. The lowest BCUT2D eigenvalue weighted by molar-refractivity contribution is -0.128. The van der Waals surface area contributed by atoms with Crippen LogP contribution < -0.4 is 5.32 Å². The summed E-state index contributed by atoms with van der Waals surface area (Å²) in [6.07, 6.45) is 3.06. The molecule has 1 rings (SSSR count). The van der Waals surface area contributed by atoms with E-state index >= 15 is 0 Å². The number of carbonyl (C=O) groups excluding carboxylic acids is 2. The Bertz CT molecular complexity index is 373. The van der Waals surface area contributed by atoms with Crippen LogP contribution in [0.2, 0.25) is 0 Å². The molecule has 0 saturated carbocycles. The fourth-order valence-electron chi connectivity index (χ4n) is 1.61. The fourth-order valence-corrected chi connectivity index (χ4v) is 1.61. The van der Waals surface area contributed by atoms with Crippen molar-refractivity contribution >= 4 is 18.1 Å². The van der Waals surface area contributed by atoms with Gasteiger partial charge in [-0.15, -0.1) is 0 Å². The zero-order valence-electron chi connectivity index (χ0n) is 10.6. The molecule has 1 N–H and O–H groups in total. The molecule has 1 aromatic rings. The van der Waals surface area contributed by atoms with Crippen LogP contribution in [0.25, 0.3) is 0 Å². The molecule has 0 heterocycles. The van der Waals surface area contributed by atoms with Crippen LogP contribution in [0.1, 0.15) is 31.7 Å². The summed E-state index contributed by atoms with van der Waals surface area (Å²) in [6, 6.07) is 7.73. The molecular weight excluding hydrogens is 230 g/mol. The van der Waals surface area contributed by atoms with E-state index in [1.807, 2.05) is 31.2 Å². The Morgan fingerprint density at radius 1 is 1.33 bits per heavy atom. The molecule has 0 unspecified atom stereocenters. The maximum Gasteiger partial charge on any atom is 0.293 e. The Kier molecular flexibility index (Phi) is 6.54. The molecule has 4 heteroatoms. The average Bonchev–Trinajstić information content (AvgIpc) is 2.37. The average molecular weight is 249 g/mol. The molecule has 0 aliphatic rings. The molecule has 4 nitrogen and oxygen atoms in total. The molecule has 0 spiro atoms. The summed E-state index contributed by atoms with van der Waals surface area (Å²) in [7, 11) is 0. The standard InChI is InChI=1S/C14H19NO3/c1-2-4-14(17)15-13-8-6-12(7-9-13)5-3-10-18-11-16/h6-9,11H,2-5,10H2,1H3,(H,15,17). The number of aryl methyl sites for hydroxylation is 1. The Labute approximate surface area is 107 Å². The minimum absolute atomic E-state index is 0.0460. The third-order valence-electron chi connectivity index (χ3n) is 2.51. The molecule has 0 aromatic heterocycles. The Balaban J connectivity index is 2.37. The summed E-state index contributed by atoms with van der Waals surface area (Å²) in [5, 5.41) is 2.84. The lowest BCUT2D eigenvalue weighted by Gasteiger charge is -2.06. The smallest absolute Gasteiger partial charge is 0.293 e. The Hall–Kier alpha value is -1.84. The number of amides is 1. The number of anilines is 1. The minimum atomic E-state index is 0.0460. The second kappa shape index (κ2) is 8.28.